The predicted octanol–water partition coefficient (Wildman–Crippen LogP) is 2.66. The molecule has 0 spiro atoms. The number of nitrogens with one attached hydrogen (secondary N) is 1. The van der Waals surface area contributed by atoms with E-state index in [-0.39, 0.29) is 22.6 Å². The summed E-state index contributed by atoms with van der Waals surface area (Å²) in [6.07, 6.45) is 0. The van der Waals surface area contributed by atoms with Gasteiger partial charge in [-0.25, -0.2) is 9.78 Å². The van der Waals surface area contributed by atoms with Gasteiger partial charge in [-0.3, -0.25) is 0 Å². The smallest absolute Gasteiger partial charge is 0.344 e. The zero-order chi connectivity index (χ0) is 17.3. The molecule has 2 aromatic rings. The van der Waals surface area contributed by atoms with E-state index in [4.69, 9.17) is 33.3 Å². The van der Waals surface area contributed by atoms with Crippen molar-refractivity contribution in [1.82, 2.24) is 9.97 Å². The summed E-state index contributed by atoms with van der Waals surface area (Å²) in [5, 5.41) is 11.1. The summed E-state index contributed by atoms with van der Waals surface area (Å²) in [6, 6.07) is 1.57. The lowest BCUT2D eigenvalue weighted by Crippen LogP contribution is -2.37. The number of carbonyl (C=O) groups is 1. The van der Waals surface area contributed by atoms with Crippen LogP contribution in [0.3, 0.4) is 0 Å². The van der Waals surface area contributed by atoms with Crippen LogP contribution in [0.2, 0.25) is 5.02 Å². The topological polar surface area (TPSA) is 87.7 Å². The first kappa shape index (κ1) is 16.9. The molecule has 3 rings (SSSR count). The molecule has 0 bridgehead atoms. The number of aromatic hydroxyl groups is 1. The fourth-order valence-electron chi connectivity index (χ4n) is 2.56. The molecule has 0 saturated carbocycles. The van der Waals surface area contributed by atoms with Crippen LogP contribution in [0.15, 0.2) is 6.07 Å². The fraction of sp³-hybridized carbons (Fsp3) is 0.400. The number of carbonyl (C=O) groups excluding carboxylic acids is 1. The number of esters is 1. The second-order valence-corrected chi connectivity index (χ2v) is 6.00. The van der Waals surface area contributed by atoms with E-state index in [9.17, 15) is 9.90 Å². The molecule has 9 heteroatoms. The summed E-state index contributed by atoms with van der Waals surface area (Å²) in [7, 11) is 0. The molecule has 3 heterocycles. The lowest BCUT2D eigenvalue weighted by molar-refractivity contribution is 0.0522. The predicted molar refractivity (Wildman–Crippen MR) is 92.6 cm³/mol. The maximum absolute atomic E-state index is 12.0. The van der Waals surface area contributed by atoms with Gasteiger partial charge in [0.25, 0.3) is 0 Å². The number of ether oxygens (including phenoxy) is 2. The highest BCUT2D eigenvalue weighted by molar-refractivity contribution is 7.71. The highest BCUT2D eigenvalue weighted by atomic mass is 35.5. The molecule has 1 aliphatic rings. The third-order valence-corrected chi connectivity index (χ3v) is 4.28. The van der Waals surface area contributed by atoms with Gasteiger partial charge in [0.1, 0.15) is 27.4 Å². The van der Waals surface area contributed by atoms with Crippen molar-refractivity contribution in [1.29, 1.82) is 0 Å². The maximum atomic E-state index is 12.0. The van der Waals surface area contributed by atoms with Crippen molar-refractivity contribution in [3.05, 3.63) is 21.3 Å². The van der Waals surface area contributed by atoms with Crippen molar-refractivity contribution in [3.8, 4) is 5.75 Å². The molecule has 2 N–H and O–H groups in total. The molecule has 0 atom stereocenters. The number of fused-ring (bicyclic) bond motifs is 1. The average molecular weight is 370 g/mol. The van der Waals surface area contributed by atoms with Gasteiger partial charge in [0, 0.05) is 13.1 Å². The van der Waals surface area contributed by atoms with Crippen molar-refractivity contribution in [2.45, 2.75) is 6.92 Å². The third-order valence-electron chi connectivity index (χ3n) is 3.70. The minimum Gasteiger partial charge on any atom is -0.506 e. The number of anilines is 1. The van der Waals surface area contributed by atoms with E-state index < -0.39 is 5.97 Å². The first-order valence-electron chi connectivity index (χ1n) is 7.48. The van der Waals surface area contributed by atoms with Crippen molar-refractivity contribution in [2.24, 2.45) is 0 Å². The molecular formula is C15H16ClN3O4S. The van der Waals surface area contributed by atoms with Gasteiger partial charge < -0.3 is 24.5 Å². The van der Waals surface area contributed by atoms with Gasteiger partial charge in [0.15, 0.2) is 0 Å². The van der Waals surface area contributed by atoms with Crippen LogP contribution in [0.4, 0.5) is 5.82 Å². The summed E-state index contributed by atoms with van der Waals surface area (Å²) in [5.74, 6) is -0.386. The average Bonchev–Trinajstić information content (AvgIpc) is 2.56. The molecule has 1 aliphatic heterocycles. The molecule has 24 heavy (non-hydrogen) atoms. The molecule has 7 nitrogen and oxygen atoms in total. The van der Waals surface area contributed by atoms with E-state index in [2.05, 4.69) is 9.97 Å². The van der Waals surface area contributed by atoms with Crippen LogP contribution in [-0.2, 0) is 9.47 Å². The minimum absolute atomic E-state index is 0.0706. The van der Waals surface area contributed by atoms with Crippen LogP contribution >= 0.6 is 23.8 Å². The lowest BCUT2D eigenvalue weighted by atomic mass is 10.2. The van der Waals surface area contributed by atoms with Crippen LogP contribution in [0.5, 0.6) is 5.75 Å². The fourth-order valence-corrected chi connectivity index (χ4v) is 3.10. The molecule has 1 fully saturated rings. The van der Waals surface area contributed by atoms with Gasteiger partial charge >= 0.3 is 5.97 Å². The summed E-state index contributed by atoms with van der Waals surface area (Å²) in [6.45, 7) is 4.39. The standard InChI is InChI=1S/C15H16ClN3O4S/c1-2-23-15(21)10-11(20)8-7-9(16)13(17-12(8)18-14(10)24)19-3-5-22-6-4-19/h7H,2-6H2,1H3,(H2,17,18,20,24). The summed E-state index contributed by atoms with van der Waals surface area (Å²) >= 11 is 11.5. The second kappa shape index (κ2) is 6.92. The monoisotopic (exact) mass is 369 g/mol. The van der Waals surface area contributed by atoms with Gasteiger partial charge in [-0.15, -0.1) is 0 Å². The van der Waals surface area contributed by atoms with Gasteiger partial charge in [0.05, 0.1) is 30.2 Å². The van der Waals surface area contributed by atoms with E-state index in [1.807, 2.05) is 4.90 Å². The van der Waals surface area contributed by atoms with Crippen molar-refractivity contribution < 1.29 is 19.4 Å². The number of H-pyrrole nitrogens is 1. The number of morpholine rings is 1. The lowest BCUT2D eigenvalue weighted by Gasteiger charge is -2.28. The zero-order valence-electron chi connectivity index (χ0n) is 13.0. The number of aromatic amines is 1. The van der Waals surface area contributed by atoms with Crippen molar-refractivity contribution in [2.75, 3.05) is 37.8 Å². The van der Waals surface area contributed by atoms with Crippen LogP contribution < -0.4 is 4.90 Å². The first-order chi connectivity index (χ1) is 11.5. The quantitative estimate of drug-likeness (QED) is 0.635. The SMILES string of the molecule is CCOC(=O)c1c(O)c2cc(Cl)c(N3CCOCC3)nc2[nH]c1=S. The Balaban J connectivity index is 2.13. The second-order valence-electron chi connectivity index (χ2n) is 5.19. The third kappa shape index (κ3) is 3.04. The molecule has 1 saturated heterocycles. The molecule has 128 valence electrons. The van der Waals surface area contributed by atoms with Crippen LogP contribution in [0.25, 0.3) is 11.0 Å². The maximum Gasteiger partial charge on any atom is 0.344 e. The van der Waals surface area contributed by atoms with Gasteiger partial charge in [-0.2, -0.15) is 0 Å². The summed E-state index contributed by atoms with van der Waals surface area (Å²) in [4.78, 5) is 21.3. The Morgan fingerprint density at radius 3 is 2.92 bits per heavy atom. The number of rotatable bonds is 3. The molecule has 2 aromatic heterocycles. The first-order valence-corrected chi connectivity index (χ1v) is 8.26. The number of pyridine rings is 2. The largest absolute Gasteiger partial charge is 0.506 e. The Hall–Kier alpha value is -1.90. The van der Waals surface area contributed by atoms with Crippen LogP contribution in [-0.4, -0.2) is 54.0 Å². The van der Waals surface area contributed by atoms with E-state index in [0.717, 1.165) is 0 Å². The van der Waals surface area contributed by atoms with E-state index in [0.29, 0.717) is 48.2 Å². The van der Waals surface area contributed by atoms with Crippen molar-refractivity contribution >= 4 is 46.6 Å². The van der Waals surface area contributed by atoms with E-state index in [1.54, 1.807) is 13.0 Å². The van der Waals surface area contributed by atoms with E-state index in [1.165, 1.54) is 0 Å². The molecule has 0 aliphatic carbocycles. The van der Waals surface area contributed by atoms with Crippen molar-refractivity contribution in [3.63, 3.8) is 0 Å². The number of hydrogen-bond donors (Lipinski definition) is 2. The van der Waals surface area contributed by atoms with Gasteiger partial charge in [0.2, 0.25) is 0 Å². The molecular weight excluding hydrogens is 354 g/mol. The Bertz CT molecular complexity index is 849. The molecule has 0 unspecified atom stereocenters. The number of hydrogen-bond acceptors (Lipinski definition) is 7. The molecule has 0 radical (unpaired) electrons. The van der Waals surface area contributed by atoms with Crippen LogP contribution in [0.1, 0.15) is 17.3 Å². The Labute approximate surface area is 148 Å². The highest BCUT2D eigenvalue weighted by Gasteiger charge is 2.22. The Morgan fingerprint density at radius 1 is 1.54 bits per heavy atom. The highest BCUT2D eigenvalue weighted by Crippen LogP contribution is 2.34. The van der Waals surface area contributed by atoms with Crippen LogP contribution in [0, 0.1) is 4.64 Å². The van der Waals surface area contributed by atoms with E-state index >= 15 is 0 Å². The zero-order valence-corrected chi connectivity index (χ0v) is 14.5. The van der Waals surface area contributed by atoms with Gasteiger partial charge in [-0.1, -0.05) is 23.8 Å². The minimum atomic E-state index is -0.688. The molecule has 0 amide bonds. The normalized spacial score (nSPS) is 14.8. The summed E-state index contributed by atoms with van der Waals surface area (Å²) < 4.78 is 10.3. The summed E-state index contributed by atoms with van der Waals surface area (Å²) in [5.41, 5.74) is 0.271. The number of aromatic nitrogens is 2. The molecule has 0 aromatic carbocycles. The number of halogens is 1. The number of nitrogens with zero attached hydrogens (tertiary/aromatic N) is 2. The Morgan fingerprint density at radius 2 is 2.25 bits per heavy atom. The van der Waals surface area contributed by atoms with Gasteiger partial charge in [-0.05, 0) is 13.0 Å². The Kier molecular flexibility index (Phi) is 4.88.